The Morgan fingerprint density at radius 2 is 2.00 bits per heavy atom. The number of benzene rings is 1. The van der Waals surface area contributed by atoms with Gasteiger partial charge >= 0.3 is 0 Å². The fraction of sp³-hybridized carbons (Fsp3) is 0.533. The minimum atomic E-state index is 0.230. The summed E-state index contributed by atoms with van der Waals surface area (Å²) in [4.78, 5) is 12.1. The molecule has 1 aromatic rings. The van der Waals surface area contributed by atoms with Gasteiger partial charge in [-0.1, -0.05) is 0 Å². The molecule has 0 radical (unpaired) electrons. The van der Waals surface area contributed by atoms with Crippen molar-refractivity contribution in [1.29, 1.82) is 0 Å². The van der Waals surface area contributed by atoms with E-state index in [0.717, 1.165) is 43.6 Å². The molecule has 1 saturated carbocycles. The van der Waals surface area contributed by atoms with E-state index >= 15 is 0 Å². The second kappa shape index (κ2) is 5.13. The smallest absolute Gasteiger partial charge is 0.164 e. The molecule has 19 heavy (non-hydrogen) atoms. The van der Waals surface area contributed by atoms with Crippen LogP contribution in [0.3, 0.4) is 0 Å². The van der Waals surface area contributed by atoms with Gasteiger partial charge in [-0.3, -0.25) is 4.79 Å². The van der Waals surface area contributed by atoms with E-state index in [2.05, 4.69) is 21.6 Å². The van der Waals surface area contributed by atoms with E-state index in [1.165, 1.54) is 11.1 Å². The second-order valence-electron chi connectivity index (χ2n) is 5.43. The van der Waals surface area contributed by atoms with Crippen molar-refractivity contribution in [3.05, 3.63) is 23.3 Å². The Morgan fingerprint density at radius 3 is 2.74 bits per heavy atom. The maximum Gasteiger partial charge on any atom is 0.164 e. The summed E-state index contributed by atoms with van der Waals surface area (Å²) in [6.07, 6.45) is 4.85. The van der Waals surface area contributed by atoms with Crippen LogP contribution in [0.15, 0.2) is 12.1 Å². The molecule has 3 rings (SSSR count). The first-order chi connectivity index (χ1) is 9.24. The van der Waals surface area contributed by atoms with Crippen LogP contribution in [0, 0.1) is 5.92 Å². The lowest BCUT2D eigenvalue weighted by Gasteiger charge is -2.36. The molecule has 0 heterocycles. The van der Waals surface area contributed by atoms with Crippen molar-refractivity contribution in [3.8, 4) is 11.5 Å². The van der Waals surface area contributed by atoms with Crippen molar-refractivity contribution in [2.24, 2.45) is 5.92 Å². The summed E-state index contributed by atoms with van der Waals surface area (Å²) in [5.74, 6) is 2.58. The first kappa shape index (κ1) is 12.9. The van der Waals surface area contributed by atoms with Crippen LogP contribution >= 0.6 is 9.47 Å². The molecular weight excluding hydrogens is 259 g/mol. The fourth-order valence-electron chi connectivity index (χ4n) is 3.58. The van der Waals surface area contributed by atoms with E-state index in [1.54, 1.807) is 7.11 Å². The van der Waals surface area contributed by atoms with Crippen LogP contribution in [0.1, 0.15) is 42.7 Å². The van der Waals surface area contributed by atoms with E-state index in [4.69, 9.17) is 9.26 Å². The SMILES string of the molecule is COc1cc2c(cc1OP)CCC1C(=O)CCCC21. The van der Waals surface area contributed by atoms with Crippen LogP contribution in [0.2, 0.25) is 0 Å². The predicted octanol–water partition coefficient (Wildman–Crippen LogP) is 3.26. The topological polar surface area (TPSA) is 35.5 Å². The molecule has 0 saturated heterocycles. The third-order valence-corrected chi connectivity index (χ3v) is 4.77. The first-order valence-electron chi connectivity index (χ1n) is 6.85. The molecular formula is C15H19O3P. The highest BCUT2D eigenvalue weighted by atomic mass is 31.0. The van der Waals surface area contributed by atoms with Crippen LogP contribution < -0.4 is 9.26 Å². The minimum absolute atomic E-state index is 0.230. The zero-order valence-corrected chi connectivity index (χ0v) is 12.3. The van der Waals surface area contributed by atoms with Gasteiger partial charge in [0.15, 0.2) is 11.5 Å². The highest BCUT2D eigenvalue weighted by Gasteiger charge is 2.37. The number of fused-ring (bicyclic) bond motifs is 3. The number of aryl methyl sites for hydroxylation is 1. The molecule has 0 spiro atoms. The van der Waals surface area contributed by atoms with Crippen LogP contribution in [-0.4, -0.2) is 12.9 Å². The molecule has 1 fully saturated rings. The van der Waals surface area contributed by atoms with Gasteiger partial charge < -0.3 is 9.26 Å². The van der Waals surface area contributed by atoms with E-state index in [1.807, 2.05) is 0 Å². The normalized spacial score (nSPS) is 25.5. The van der Waals surface area contributed by atoms with Gasteiger partial charge in [-0.25, -0.2) is 0 Å². The molecule has 3 unspecified atom stereocenters. The Labute approximate surface area is 116 Å². The zero-order valence-electron chi connectivity index (χ0n) is 11.1. The molecule has 0 aliphatic heterocycles. The Morgan fingerprint density at radius 1 is 1.16 bits per heavy atom. The number of hydrogen-bond acceptors (Lipinski definition) is 3. The van der Waals surface area contributed by atoms with Crippen molar-refractivity contribution >= 4 is 15.2 Å². The van der Waals surface area contributed by atoms with Crippen molar-refractivity contribution in [2.45, 2.75) is 38.0 Å². The quantitative estimate of drug-likeness (QED) is 0.779. The molecule has 0 amide bonds. The van der Waals surface area contributed by atoms with Crippen LogP contribution in [-0.2, 0) is 11.2 Å². The van der Waals surface area contributed by atoms with E-state index in [9.17, 15) is 4.79 Å². The third kappa shape index (κ3) is 2.14. The molecule has 0 aromatic heterocycles. The summed E-state index contributed by atoms with van der Waals surface area (Å²) in [7, 11) is 3.92. The summed E-state index contributed by atoms with van der Waals surface area (Å²) in [6, 6.07) is 4.14. The summed E-state index contributed by atoms with van der Waals surface area (Å²) >= 11 is 0. The molecule has 1 aromatic carbocycles. The maximum absolute atomic E-state index is 12.1. The summed E-state index contributed by atoms with van der Waals surface area (Å²) < 4.78 is 10.7. The third-order valence-electron chi connectivity index (χ3n) is 4.51. The number of hydrogen-bond donors (Lipinski definition) is 0. The standard InChI is InChI=1S/C15H19O3P/c1-17-14-8-12-9(7-15(14)18-19)5-6-11-10(12)3-2-4-13(11)16/h7-8,10-11H,2-6,19H2,1H3. The van der Waals surface area contributed by atoms with Gasteiger partial charge in [0.1, 0.15) is 5.78 Å². The summed E-state index contributed by atoms with van der Waals surface area (Å²) in [5, 5.41) is 0. The highest BCUT2D eigenvalue weighted by Crippen LogP contribution is 2.46. The van der Waals surface area contributed by atoms with Gasteiger partial charge in [-0.15, -0.1) is 0 Å². The number of methoxy groups -OCH3 is 1. The number of carbonyl (C=O) groups is 1. The van der Waals surface area contributed by atoms with Crippen molar-refractivity contribution < 1.29 is 14.1 Å². The molecule has 3 atom stereocenters. The van der Waals surface area contributed by atoms with Crippen molar-refractivity contribution in [2.75, 3.05) is 7.11 Å². The number of ether oxygens (including phenoxy) is 1. The largest absolute Gasteiger partial charge is 0.493 e. The average molecular weight is 278 g/mol. The van der Waals surface area contributed by atoms with Crippen LogP contribution in [0.5, 0.6) is 11.5 Å². The van der Waals surface area contributed by atoms with E-state index in [0.29, 0.717) is 11.7 Å². The minimum Gasteiger partial charge on any atom is -0.493 e. The van der Waals surface area contributed by atoms with E-state index < -0.39 is 0 Å². The molecule has 0 N–H and O–H groups in total. The molecule has 2 aliphatic rings. The molecule has 0 bridgehead atoms. The fourth-order valence-corrected chi connectivity index (χ4v) is 3.77. The number of carbonyl (C=O) groups excluding carboxylic acids is 1. The van der Waals surface area contributed by atoms with Crippen molar-refractivity contribution in [1.82, 2.24) is 0 Å². The lowest BCUT2D eigenvalue weighted by molar-refractivity contribution is -0.125. The number of Topliss-reactive ketones (excluding diaryl/α,β-unsaturated/α-hetero) is 1. The molecule has 4 heteroatoms. The second-order valence-corrected chi connectivity index (χ2v) is 5.67. The zero-order chi connectivity index (χ0) is 13.4. The lowest BCUT2D eigenvalue weighted by atomic mass is 9.67. The average Bonchev–Trinajstić information content (AvgIpc) is 2.45. The monoisotopic (exact) mass is 278 g/mol. The Kier molecular flexibility index (Phi) is 3.49. The van der Waals surface area contributed by atoms with Gasteiger partial charge in [-0.05, 0) is 54.9 Å². The molecule has 3 nitrogen and oxygen atoms in total. The maximum atomic E-state index is 12.1. The lowest BCUT2D eigenvalue weighted by Crippen LogP contribution is -2.31. The summed E-state index contributed by atoms with van der Waals surface area (Å²) in [6.45, 7) is 0. The van der Waals surface area contributed by atoms with Crippen molar-refractivity contribution in [3.63, 3.8) is 0 Å². The Balaban J connectivity index is 2.04. The van der Waals surface area contributed by atoms with E-state index in [-0.39, 0.29) is 5.92 Å². The Bertz CT molecular complexity index is 512. The summed E-state index contributed by atoms with van der Waals surface area (Å²) in [5.41, 5.74) is 2.61. The first-order valence-corrected chi connectivity index (χ1v) is 7.32. The van der Waals surface area contributed by atoms with Gasteiger partial charge in [-0.2, -0.15) is 0 Å². The van der Waals surface area contributed by atoms with Crippen LogP contribution in [0.25, 0.3) is 0 Å². The molecule has 102 valence electrons. The van der Waals surface area contributed by atoms with Gasteiger partial charge in [0, 0.05) is 12.3 Å². The van der Waals surface area contributed by atoms with Gasteiger partial charge in [0.2, 0.25) is 0 Å². The highest BCUT2D eigenvalue weighted by molar-refractivity contribution is 7.10. The van der Waals surface area contributed by atoms with Crippen LogP contribution in [0.4, 0.5) is 0 Å². The predicted molar refractivity (Wildman–Crippen MR) is 76.7 cm³/mol. The number of rotatable bonds is 2. The number of ketones is 1. The Hall–Kier alpha value is -1.08. The van der Waals surface area contributed by atoms with Gasteiger partial charge in [0.25, 0.3) is 0 Å². The van der Waals surface area contributed by atoms with Gasteiger partial charge in [0.05, 0.1) is 16.6 Å². The molecule has 2 aliphatic carbocycles.